The largest absolute Gasteiger partial charge is 0.494 e. The van der Waals surface area contributed by atoms with Crippen LogP contribution in [0.25, 0.3) is 0 Å². The molecule has 2 N–H and O–H groups in total. The molecule has 0 saturated heterocycles. The first-order valence-electron chi connectivity index (χ1n) is 9.76. The molecule has 2 aromatic rings. The first-order valence-corrected chi connectivity index (χ1v) is 9.76. The molecule has 0 heterocycles. The monoisotopic (exact) mass is 372 g/mol. The van der Waals surface area contributed by atoms with Crippen LogP contribution in [0.3, 0.4) is 0 Å². The van der Waals surface area contributed by atoms with Crippen LogP contribution in [0.5, 0.6) is 11.5 Å². The molecule has 2 rings (SSSR count). The Morgan fingerprint density at radius 2 is 1.00 bits per heavy atom. The van der Waals surface area contributed by atoms with Gasteiger partial charge >= 0.3 is 0 Å². The van der Waals surface area contributed by atoms with Crippen molar-refractivity contribution in [1.29, 1.82) is 0 Å². The summed E-state index contributed by atoms with van der Waals surface area (Å²) < 4.78 is 11.4. The van der Waals surface area contributed by atoms with Crippen molar-refractivity contribution in [3.05, 3.63) is 59.7 Å². The average molecular weight is 373 g/mol. The van der Waals surface area contributed by atoms with Crippen molar-refractivity contribution in [2.75, 3.05) is 26.4 Å². The van der Waals surface area contributed by atoms with E-state index in [2.05, 4.69) is 38.1 Å². The Balaban J connectivity index is 1.96. The maximum absolute atomic E-state index is 8.81. The Bertz CT molecular complexity index is 590. The maximum atomic E-state index is 8.81. The van der Waals surface area contributed by atoms with E-state index in [0.717, 1.165) is 37.2 Å². The van der Waals surface area contributed by atoms with Crippen molar-refractivity contribution in [2.24, 2.45) is 0 Å². The van der Waals surface area contributed by atoms with E-state index >= 15 is 0 Å². The third kappa shape index (κ3) is 6.56. The van der Waals surface area contributed by atoms with Crippen LogP contribution in [0.4, 0.5) is 0 Å². The number of aliphatic hydroxyl groups is 2. The van der Waals surface area contributed by atoms with Gasteiger partial charge in [0.1, 0.15) is 11.5 Å². The fourth-order valence-corrected chi connectivity index (χ4v) is 2.91. The van der Waals surface area contributed by atoms with E-state index in [1.807, 2.05) is 24.3 Å². The topological polar surface area (TPSA) is 58.9 Å². The Kier molecular flexibility index (Phi) is 8.62. The number of unbranched alkanes of at least 4 members (excludes halogenated alkanes) is 2. The lowest BCUT2D eigenvalue weighted by atomic mass is 9.78. The molecule has 0 aliphatic heterocycles. The summed E-state index contributed by atoms with van der Waals surface area (Å²) in [4.78, 5) is 0. The van der Waals surface area contributed by atoms with Crippen LogP contribution in [0, 0.1) is 0 Å². The predicted molar refractivity (Wildman–Crippen MR) is 109 cm³/mol. The second-order valence-electron chi connectivity index (χ2n) is 7.23. The summed E-state index contributed by atoms with van der Waals surface area (Å²) in [5, 5.41) is 17.6. The second-order valence-corrected chi connectivity index (χ2v) is 7.23. The second kappa shape index (κ2) is 11.0. The van der Waals surface area contributed by atoms with E-state index in [1.165, 1.54) is 11.1 Å². The Morgan fingerprint density at radius 1 is 0.630 bits per heavy atom. The Hall–Kier alpha value is -2.04. The van der Waals surface area contributed by atoms with Crippen molar-refractivity contribution in [3.63, 3.8) is 0 Å². The van der Waals surface area contributed by atoms with Gasteiger partial charge in [0.2, 0.25) is 0 Å². The molecule has 0 radical (unpaired) electrons. The number of hydrogen-bond acceptors (Lipinski definition) is 4. The van der Waals surface area contributed by atoms with Crippen LogP contribution in [-0.2, 0) is 5.41 Å². The minimum absolute atomic E-state index is 0.120. The van der Waals surface area contributed by atoms with Gasteiger partial charge in [-0.25, -0.2) is 0 Å². The zero-order valence-corrected chi connectivity index (χ0v) is 16.5. The fourth-order valence-electron chi connectivity index (χ4n) is 2.91. The lowest BCUT2D eigenvalue weighted by molar-refractivity contribution is 0.253. The van der Waals surface area contributed by atoms with Crippen LogP contribution < -0.4 is 9.47 Å². The highest BCUT2D eigenvalue weighted by Crippen LogP contribution is 2.33. The molecule has 4 nitrogen and oxygen atoms in total. The number of hydrogen-bond donors (Lipinski definition) is 2. The van der Waals surface area contributed by atoms with Gasteiger partial charge in [-0.1, -0.05) is 38.1 Å². The Labute approximate surface area is 162 Å². The number of ether oxygens (including phenoxy) is 2. The summed E-state index contributed by atoms with van der Waals surface area (Å²) in [5.41, 5.74) is 2.33. The molecule has 0 aromatic heterocycles. The molecule has 148 valence electrons. The molecule has 0 bridgehead atoms. The molecule has 4 heteroatoms. The summed E-state index contributed by atoms with van der Waals surface area (Å²) in [5.74, 6) is 1.72. The summed E-state index contributed by atoms with van der Waals surface area (Å²) in [7, 11) is 0. The molecular formula is C23H32O4. The SMILES string of the molecule is CC(C)(c1ccc(OCCCCO)cc1)c1ccc(OCCCCO)cc1. The highest BCUT2D eigenvalue weighted by Gasteiger charge is 2.23. The molecule has 2 aromatic carbocycles. The van der Waals surface area contributed by atoms with Gasteiger partial charge in [-0.05, 0) is 61.1 Å². The van der Waals surface area contributed by atoms with Gasteiger partial charge in [-0.2, -0.15) is 0 Å². The minimum Gasteiger partial charge on any atom is -0.494 e. The molecule has 0 aliphatic rings. The zero-order valence-electron chi connectivity index (χ0n) is 16.5. The quantitative estimate of drug-likeness (QED) is 0.545. The molecule has 0 fully saturated rings. The van der Waals surface area contributed by atoms with Crippen molar-refractivity contribution in [3.8, 4) is 11.5 Å². The highest BCUT2D eigenvalue weighted by molar-refractivity contribution is 5.41. The summed E-state index contributed by atoms with van der Waals surface area (Å²) in [6, 6.07) is 16.5. The number of aliphatic hydroxyl groups excluding tert-OH is 2. The first kappa shape index (κ1) is 21.3. The van der Waals surface area contributed by atoms with Gasteiger partial charge in [0.15, 0.2) is 0 Å². The van der Waals surface area contributed by atoms with Crippen molar-refractivity contribution >= 4 is 0 Å². The van der Waals surface area contributed by atoms with Crippen molar-refractivity contribution in [2.45, 2.75) is 44.9 Å². The normalized spacial score (nSPS) is 11.4. The molecule has 0 atom stereocenters. The lowest BCUT2D eigenvalue weighted by Crippen LogP contribution is -2.18. The van der Waals surface area contributed by atoms with E-state index in [-0.39, 0.29) is 18.6 Å². The third-order valence-corrected chi connectivity index (χ3v) is 4.79. The van der Waals surface area contributed by atoms with Gasteiger partial charge in [0.05, 0.1) is 13.2 Å². The van der Waals surface area contributed by atoms with Crippen LogP contribution in [0.1, 0.15) is 50.7 Å². The van der Waals surface area contributed by atoms with E-state index in [9.17, 15) is 0 Å². The molecule has 0 amide bonds. The van der Waals surface area contributed by atoms with Gasteiger partial charge < -0.3 is 19.7 Å². The zero-order chi connectivity index (χ0) is 19.5. The van der Waals surface area contributed by atoms with E-state index in [0.29, 0.717) is 13.2 Å². The van der Waals surface area contributed by atoms with Gasteiger partial charge in [0.25, 0.3) is 0 Å². The van der Waals surface area contributed by atoms with E-state index in [4.69, 9.17) is 19.7 Å². The predicted octanol–water partition coefficient (Wildman–Crippen LogP) is 4.32. The minimum atomic E-state index is -0.120. The third-order valence-electron chi connectivity index (χ3n) is 4.79. The smallest absolute Gasteiger partial charge is 0.119 e. The number of rotatable bonds is 12. The molecule has 0 saturated carbocycles. The standard InChI is InChI=1S/C23H32O4/c1-23(2,19-7-11-21(12-8-19)26-17-5-3-15-24)20-9-13-22(14-10-20)27-18-6-4-16-25/h7-14,24-25H,3-6,15-18H2,1-2H3. The highest BCUT2D eigenvalue weighted by atomic mass is 16.5. The summed E-state index contributed by atoms with van der Waals surface area (Å²) >= 11 is 0. The van der Waals surface area contributed by atoms with Crippen LogP contribution >= 0.6 is 0 Å². The van der Waals surface area contributed by atoms with Crippen LogP contribution in [-0.4, -0.2) is 36.6 Å². The van der Waals surface area contributed by atoms with Gasteiger partial charge in [0, 0.05) is 18.6 Å². The molecule has 0 unspecified atom stereocenters. The van der Waals surface area contributed by atoms with Crippen LogP contribution in [0.15, 0.2) is 48.5 Å². The first-order chi connectivity index (χ1) is 13.1. The van der Waals surface area contributed by atoms with E-state index < -0.39 is 0 Å². The Morgan fingerprint density at radius 3 is 1.33 bits per heavy atom. The summed E-state index contributed by atoms with van der Waals surface area (Å²) in [6.45, 7) is 6.10. The van der Waals surface area contributed by atoms with Crippen molar-refractivity contribution < 1.29 is 19.7 Å². The molecule has 0 spiro atoms. The number of benzene rings is 2. The van der Waals surface area contributed by atoms with E-state index in [1.54, 1.807) is 0 Å². The van der Waals surface area contributed by atoms with Crippen molar-refractivity contribution in [1.82, 2.24) is 0 Å². The maximum Gasteiger partial charge on any atom is 0.119 e. The molecular weight excluding hydrogens is 340 g/mol. The molecule has 0 aliphatic carbocycles. The average Bonchev–Trinajstić information content (AvgIpc) is 2.69. The van der Waals surface area contributed by atoms with Gasteiger partial charge in [-0.15, -0.1) is 0 Å². The summed E-state index contributed by atoms with van der Waals surface area (Å²) in [6.07, 6.45) is 3.26. The van der Waals surface area contributed by atoms with Crippen LogP contribution in [0.2, 0.25) is 0 Å². The fraction of sp³-hybridized carbons (Fsp3) is 0.478. The lowest BCUT2D eigenvalue weighted by Gasteiger charge is -2.26. The molecule has 27 heavy (non-hydrogen) atoms. The van der Waals surface area contributed by atoms with Gasteiger partial charge in [-0.3, -0.25) is 0 Å².